The lowest BCUT2D eigenvalue weighted by Crippen LogP contribution is -2.38. The van der Waals surface area contributed by atoms with Crippen molar-refractivity contribution in [3.05, 3.63) is 18.0 Å². The highest BCUT2D eigenvalue weighted by atomic mass is 127. The second kappa shape index (κ2) is 10.0. The Balaban J connectivity index is 0.00000324. The summed E-state index contributed by atoms with van der Waals surface area (Å²) >= 11 is 0. The van der Waals surface area contributed by atoms with Crippen LogP contribution in [0, 0.1) is 0 Å². The zero-order chi connectivity index (χ0) is 13.4. The van der Waals surface area contributed by atoms with Crippen molar-refractivity contribution in [1.82, 2.24) is 25.3 Å². The summed E-state index contributed by atoms with van der Waals surface area (Å²) in [7, 11) is 7.87. The molecule has 0 fully saturated rings. The van der Waals surface area contributed by atoms with Gasteiger partial charge in [-0.2, -0.15) is 5.10 Å². The number of hydrogen-bond donors (Lipinski definition) is 2. The molecule has 110 valence electrons. The first-order chi connectivity index (χ1) is 8.63. The Hall–Kier alpha value is -0.830. The Labute approximate surface area is 132 Å². The van der Waals surface area contributed by atoms with Crippen LogP contribution in [-0.4, -0.2) is 54.9 Å². The van der Waals surface area contributed by atoms with Crippen LogP contribution in [-0.2, 0) is 13.6 Å². The molecule has 0 radical (unpaired) electrons. The predicted octanol–water partition coefficient (Wildman–Crippen LogP) is 0.655. The number of nitrogens with one attached hydrogen (secondary N) is 2. The Morgan fingerprint density at radius 2 is 2.16 bits per heavy atom. The third kappa shape index (κ3) is 7.36. The van der Waals surface area contributed by atoms with Crippen LogP contribution in [0.5, 0.6) is 0 Å². The lowest BCUT2D eigenvalue weighted by molar-refractivity contribution is 0.399. The van der Waals surface area contributed by atoms with E-state index >= 15 is 0 Å². The van der Waals surface area contributed by atoms with Crippen molar-refractivity contribution in [3.63, 3.8) is 0 Å². The van der Waals surface area contributed by atoms with E-state index in [0.717, 1.165) is 37.7 Å². The molecule has 0 spiro atoms. The Kier molecular flexibility index (Phi) is 9.58. The van der Waals surface area contributed by atoms with E-state index < -0.39 is 0 Å². The van der Waals surface area contributed by atoms with Gasteiger partial charge in [0.2, 0.25) is 0 Å². The van der Waals surface area contributed by atoms with Crippen molar-refractivity contribution >= 4 is 29.9 Å². The number of nitrogens with zero attached hydrogens (tertiary/aromatic N) is 4. The number of aliphatic imine (C=N–C) groups is 1. The van der Waals surface area contributed by atoms with Gasteiger partial charge in [0.1, 0.15) is 0 Å². The molecule has 0 saturated carbocycles. The van der Waals surface area contributed by atoms with Crippen LogP contribution in [0.15, 0.2) is 17.3 Å². The van der Waals surface area contributed by atoms with Crippen LogP contribution in [0.25, 0.3) is 0 Å². The number of rotatable bonds is 6. The molecule has 0 aliphatic carbocycles. The largest absolute Gasteiger partial charge is 0.356 e. The molecule has 2 N–H and O–H groups in total. The van der Waals surface area contributed by atoms with Crippen molar-refractivity contribution < 1.29 is 0 Å². The molecule has 0 aromatic carbocycles. The smallest absolute Gasteiger partial charge is 0.191 e. The molecule has 1 aromatic rings. The molecular weight excluding hydrogens is 355 g/mol. The van der Waals surface area contributed by atoms with Crippen LogP contribution in [0.1, 0.15) is 12.1 Å². The zero-order valence-corrected chi connectivity index (χ0v) is 14.5. The molecule has 1 aromatic heterocycles. The first-order valence-electron chi connectivity index (χ1n) is 6.19. The van der Waals surface area contributed by atoms with E-state index in [2.05, 4.69) is 39.7 Å². The number of aryl methyl sites for hydroxylation is 1. The van der Waals surface area contributed by atoms with Crippen LogP contribution in [0.2, 0.25) is 0 Å². The van der Waals surface area contributed by atoms with Crippen molar-refractivity contribution in [2.45, 2.75) is 13.0 Å². The first-order valence-corrected chi connectivity index (χ1v) is 6.19. The van der Waals surface area contributed by atoms with Crippen LogP contribution in [0.4, 0.5) is 0 Å². The minimum Gasteiger partial charge on any atom is -0.356 e. The minimum absolute atomic E-state index is 0. The molecule has 0 aliphatic rings. The quantitative estimate of drug-likeness (QED) is 0.330. The molecular formula is C12H25IN6. The third-order valence-electron chi connectivity index (χ3n) is 2.66. The van der Waals surface area contributed by atoms with Gasteiger partial charge in [-0.05, 0) is 33.1 Å². The number of hydrogen-bond acceptors (Lipinski definition) is 3. The molecule has 0 bridgehead atoms. The fourth-order valence-corrected chi connectivity index (χ4v) is 1.57. The zero-order valence-electron chi connectivity index (χ0n) is 12.2. The van der Waals surface area contributed by atoms with E-state index in [1.54, 1.807) is 13.2 Å². The molecule has 6 nitrogen and oxygen atoms in total. The monoisotopic (exact) mass is 380 g/mol. The van der Waals surface area contributed by atoms with E-state index in [4.69, 9.17) is 0 Å². The highest BCUT2D eigenvalue weighted by Gasteiger charge is 2.00. The van der Waals surface area contributed by atoms with Crippen LogP contribution >= 0.6 is 24.0 Å². The van der Waals surface area contributed by atoms with Crippen molar-refractivity contribution in [3.8, 4) is 0 Å². The van der Waals surface area contributed by atoms with E-state index in [1.165, 1.54) is 0 Å². The number of aromatic nitrogens is 2. The molecule has 0 saturated heterocycles. The van der Waals surface area contributed by atoms with Gasteiger partial charge in [0.05, 0.1) is 12.2 Å². The summed E-state index contributed by atoms with van der Waals surface area (Å²) in [5.74, 6) is 0.829. The molecule has 1 rings (SSSR count). The third-order valence-corrected chi connectivity index (χ3v) is 2.66. The van der Waals surface area contributed by atoms with Crippen LogP contribution in [0.3, 0.4) is 0 Å². The minimum atomic E-state index is 0. The van der Waals surface area contributed by atoms with E-state index in [9.17, 15) is 0 Å². The topological polar surface area (TPSA) is 57.5 Å². The summed E-state index contributed by atoms with van der Waals surface area (Å²) in [5, 5.41) is 10.7. The molecule has 0 atom stereocenters. The Morgan fingerprint density at radius 1 is 1.42 bits per heavy atom. The average Bonchev–Trinajstić information content (AvgIpc) is 2.74. The standard InChI is InChI=1S/C12H24N6.HI/c1-13-12(14-7-5-9-17(2)3)15-10-11-6-8-16-18(11)4;/h6,8H,5,7,9-10H2,1-4H3,(H2,13,14,15);1H. The van der Waals surface area contributed by atoms with Gasteiger partial charge in [0.25, 0.3) is 0 Å². The molecule has 1 heterocycles. The summed E-state index contributed by atoms with van der Waals surface area (Å²) in [6.45, 7) is 2.72. The van der Waals surface area contributed by atoms with Gasteiger partial charge in [-0.15, -0.1) is 24.0 Å². The number of halogens is 1. The molecule has 19 heavy (non-hydrogen) atoms. The van der Waals surface area contributed by atoms with Gasteiger partial charge in [-0.1, -0.05) is 0 Å². The normalized spacial score (nSPS) is 11.3. The van der Waals surface area contributed by atoms with E-state index in [-0.39, 0.29) is 24.0 Å². The van der Waals surface area contributed by atoms with Gasteiger partial charge < -0.3 is 15.5 Å². The molecule has 0 unspecified atom stereocenters. The van der Waals surface area contributed by atoms with Gasteiger partial charge in [-0.3, -0.25) is 9.67 Å². The maximum Gasteiger partial charge on any atom is 0.191 e. The Morgan fingerprint density at radius 3 is 2.68 bits per heavy atom. The van der Waals surface area contributed by atoms with E-state index in [0.29, 0.717) is 0 Å². The fourth-order valence-electron chi connectivity index (χ4n) is 1.57. The maximum absolute atomic E-state index is 4.18. The summed E-state index contributed by atoms with van der Waals surface area (Å²) in [5.41, 5.74) is 1.13. The fraction of sp³-hybridized carbons (Fsp3) is 0.667. The second-order valence-corrected chi connectivity index (χ2v) is 4.46. The highest BCUT2D eigenvalue weighted by Crippen LogP contribution is 1.94. The SMILES string of the molecule is CN=C(NCCCN(C)C)NCc1ccnn1C.I. The maximum atomic E-state index is 4.18. The molecule has 0 amide bonds. The van der Waals surface area contributed by atoms with E-state index in [1.807, 2.05) is 17.8 Å². The van der Waals surface area contributed by atoms with Gasteiger partial charge in [0, 0.05) is 26.8 Å². The van der Waals surface area contributed by atoms with Crippen molar-refractivity contribution in [2.24, 2.45) is 12.0 Å². The van der Waals surface area contributed by atoms with Gasteiger partial charge >= 0.3 is 0 Å². The van der Waals surface area contributed by atoms with Gasteiger partial charge in [-0.25, -0.2) is 0 Å². The van der Waals surface area contributed by atoms with Gasteiger partial charge in [0.15, 0.2) is 5.96 Å². The van der Waals surface area contributed by atoms with Crippen molar-refractivity contribution in [2.75, 3.05) is 34.2 Å². The van der Waals surface area contributed by atoms with Crippen molar-refractivity contribution in [1.29, 1.82) is 0 Å². The average molecular weight is 380 g/mol. The number of guanidine groups is 1. The summed E-state index contributed by atoms with van der Waals surface area (Å²) in [6.07, 6.45) is 2.89. The summed E-state index contributed by atoms with van der Waals surface area (Å²) in [4.78, 5) is 6.36. The predicted molar refractivity (Wildman–Crippen MR) is 90.0 cm³/mol. The Bertz CT molecular complexity index is 374. The summed E-state index contributed by atoms with van der Waals surface area (Å²) < 4.78 is 1.85. The molecule has 7 heteroatoms. The highest BCUT2D eigenvalue weighted by molar-refractivity contribution is 14.0. The first kappa shape index (κ1) is 18.2. The lowest BCUT2D eigenvalue weighted by Gasteiger charge is -2.13. The molecule has 0 aliphatic heterocycles. The second-order valence-electron chi connectivity index (χ2n) is 4.46. The van der Waals surface area contributed by atoms with Crippen LogP contribution < -0.4 is 10.6 Å². The summed E-state index contributed by atoms with van der Waals surface area (Å²) in [6, 6.07) is 1.99. The lowest BCUT2D eigenvalue weighted by atomic mass is 10.4.